The number of ether oxygens (including phenoxy) is 3. The van der Waals surface area contributed by atoms with E-state index in [0.717, 1.165) is 13.0 Å². The second kappa shape index (κ2) is 21.7. The van der Waals surface area contributed by atoms with Gasteiger partial charge in [-0.05, 0) is 6.42 Å². The average molecular weight is 427 g/mol. The van der Waals surface area contributed by atoms with Crippen molar-refractivity contribution in [2.45, 2.75) is 84.0 Å². The molecule has 0 aliphatic heterocycles. The van der Waals surface area contributed by atoms with E-state index in [2.05, 4.69) is 11.4 Å². The standard InChI is InChI=1S/C20H43O7P/c1-2-3-4-5-6-7-8-9-10-11-12-13-14-24-15-16-25-17-18-26-19-20-27-28(21,22)23/h2-20H2,1H3,(H2,21,22,23). The average Bonchev–Trinajstić information content (AvgIpc) is 2.65. The van der Waals surface area contributed by atoms with Crippen molar-refractivity contribution < 1.29 is 33.1 Å². The van der Waals surface area contributed by atoms with Crippen LogP contribution in [-0.2, 0) is 23.3 Å². The van der Waals surface area contributed by atoms with E-state index in [1.807, 2.05) is 0 Å². The van der Waals surface area contributed by atoms with Gasteiger partial charge in [0.2, 0.25) is 0 Å². The quantitative estimate of drug-likeness (QED) is 0.178. The number of rotatable bonds is 23. The Morgan fingerprint density at radius 3 is 1.32 bits per heavy atom. The van der Waals surface area contributed by atoms with Gasteiger partial charge in [0.15, 0.2) is 0 Å². The molecule has 0 unspecified atom stereocenters. The van der Waals surface area contributed by atoms with Gasteiger partial charge in [-0.1, -0.05) is 77.6 Å². The molecule has 0 aromatic rings. The SMILES string of the molecule is CCCCCCCCCCCCCCOCCOCCOCCOP(=O)(O)O. The van der Waals surface area contributed by atoms with Crippen molar-refractivity contribution in [1.29, 1.82) is 0 Å². The number of phosphoric ester groups is 1. The fourth-order valence-electron chi connectivity index (χ4n) is 2.80. The molecule has 0 heterocycles. The summed E-state index contributed by atoms with van der Waals surface area (Å²) in [6.07, 6.45) is 16.1. The second-order valence-electron chi connectivity index (χ2n) is 7.05. The van der Waals surface area contributed by atoms with Crippen molar-refractivity contribution in [3.05, 3.63) is 0 Å². The van der Waals surface area contributed by atoms with Crippen molar-refractivity contribution >= 4 is 7.82 Å². The lowest BCUT2D eigenvalue weighted by Gasteiger charge is -2.08. The third-order valence-corrected chi connectivity index (χ3v) is 4.89. The van der Waals surface area contributed by atoms with Crippen molar-refractivity contribution in [2.24, 2.45) is 0 Å². The molecule has 0 aliphatic rings. The van der Waals surface area contributed by atoms with Gasteiger partial charge in [-0.2, -0.15) is 0 Å². The van der Waals surface area contributed by atoms with Gasteiger partial charge >= 0.3 is 7.82 Å². The van der Waals surface area contributed by atoms with Crippen LogP contribution in [-0.4, -0.2) is 56.0 Å². The summed E-state index contributed by atoms with van der Waals surface area (Å²) in [6, 6.07) is 0. The molecule has 0 saturated carbocycles. The summed E-state index contributed by atoms with van der Waals surface area (Å²) in [6.45, 7) is 4.95. The maximum Gasteiger partial charge on any atom is 0.469 e. The fourth-order valence-corrected chi connectivity index (χ4v) is 3.11. The molecule has 7 nitrogen and oxygen atoms in total. The van der Waals surface area contributed by atoms with Crippen LogP contribution in [0.3, 0.4) is 0 Å². The van der Waals surface area contributed by atoms with Crippen LogP contribution < -0.4 is 0 Å². The summed E-state index contributed by atoms with van der Waals surface area (Å²) in [4.78, 5) is 17.0. The molecule has 0 aliphatic carbocycles. The first-order valence-electron chi connectivity index (χ1n) is 11.0. The highest BCUT2D eigenvalue weighted by molar-refractivity contribution is 7.46. The Hall–Kier alpha value is -0.0100. The minimum absolute atomic E-state index is 0.129. The van der Waals surface area contributed by atoms with Crippen LogP contribution in [0.1, 0.15) is 84.0 Å². The van der Waals surface area contributed by atoms with Crippen molar-refractivity contribution in [1.82, 2.24) is 0 Å². The van der Waals surface area contributed by atoms with E-state index in [-0.39, 0.29) is 13.2 Å². The van der Waals surface area contributed by atoms with Gasteiger partial charge in [0.05, 0.1) is 39.6 Å². The minimum atomic E-state index is -4.39. The number of hydrogen-bond donors (Lipinski definition) is 2. The summed E-state index contributed by atoms with van der Waals surface area (Å²) in [5.74, 6) is 0. The molecule has 0 aromatic heterocycles. The molecule has 8 heteroatoms. The van der Waals surface area contributed by atoms with Crippen molar-refractivity contribution in [2.75, 3.05) is 46.2 Å². The summed E-state index contributed by atoms with van der Waals surface area (Å²) in [5.41, 5.74) is 0. The summed E-state index contributed by atoms with van der Waals surface area (Å²) < 4.78 is 30.7. The predicted molar refractivity (Wildman–Crippen MR) is 112 cm³/mol. The molecule has 0 fully saturated rings. The molecule has 0 spiro atoms. The van der Waals surface area contributed by atoms with Crippen molar-refractivity contribution in [3.8, 4) is 0 Å². The van der Waals surface area contributed by atoms with Crippen LogP contribution in [0.2, 0.25) is 0 Å². The normalized spacial score (nSPS) is 12.0. The molecule has 0 rings (SSSR count). The molecule has 0 radical (unpaired) electrons. The predicted octanol–water partition coefficient (Wildman–Crippen LogP) is 4.85. The Morgan fingerprint density at radius 1 is 0.536 bits per heavy atom. The van der Waals surface area contributed by atoms with Gasteiger partial charge in [-0.15, -0.1) is 0 Å². The lowest BCUT2D eigenvalue weighted by molar-refractivity contribution is 0.00702. The lowest BCUT2D eigenvalue weighted by Crippen LogP contribution is -2.11. The summed E-state index contributed by atoms with van der Waals surface area (Å²) >= 11 is 0. The zero-order valence-electron chi connectivity index (χ0n) is 17.8. The highest BCUT2D eigenvalue weighted by Crippen LogP contribution is 2.35. The minimum Gasteiger partial charge on any atom is -0.379 e. The number of hydrogen-bond acceptors (Lipinski definition) is 5. The zero-order chi connectivity index (χ0) is 20.8. The molecule has 2 N–H and O–H groups in total. The third kappa shape index (κ3) is 26.0. The van der Waals surface area contributed by atoms with Gasteiger partial charge in [0.25, 0.3) is 0 Å². The molecule has 170 valence electrons. The van der Waals surface area contributed by atoms with E-state index in [0.29, 0.717) is 26.4 Å². The van der Waals surface area contributed by atoms with Crippen LogP contribution in [0.5, 0.6) is 0 Å². The molecule has 28 heavy (non-hydrogen) atoms. The lowest BCUT2D eigenvalue weighted by atomic mass is 10.1. The Balaban J connectivity index is 3.02. The fraction of sp³-hybridized carbons (Fsp3) is 1.00. The van der Waals surface area contributed by atoms with E-state index in [1.54, 1.807) is 0 Å². The monoisotopic (exact) mass is 426 g/mol. The topological polar surface area (TPSA) is 94.5 Å². The Morgan fingerprint density at radius 2 is 0.893 bits per heavy atom. The maximum absolute atomic E-state index is 10.4. The van der Waals surface area contributed by atoms with Crippen LogP contribution in [0.15, 0.2) is 0 Å². The Kier molecular flexibility index (Phi) is 21.7. The Bertz CT molecular complexity index is 349. The van der Waals surface area contributed by atoms with Gasteiger partial charge in [-0.3, -0.25) is 4.52 Å². The molecule has 0 aromatic carbocycles. The van der Waals surface area contributed by atoms with Gasteiger partial charge in [-0.25, -0.2) is 4.57 Å². The van der Waals surface area contributed by atoms with E-state index >= 15 is 0 Å². The highest BCUT2D eigenvalue weighted by atomic mass is 31.2. The van der Waals surface area contributed by atoms with Crippen LogP contribution in [0, 0.1) is 0 Å². The highest BCUT2D eigenvalue weighted by Gasteiger charge is 2.12. The number of phosphoric acid groups is 1. The number of unbranched alkanes of at least 4 members (excludes halogenated alkanes) is 11. The van der Waals surface area contributed by atoms with E-state index < -0.39 is 7.82 Å². The second-order valence-corrected chi connectivity index (χ2v) is 8.29. The molecule has 0 bridgehead atoms. The van der Waals surface area contributed by atoms with Gasteiger partial charge < -0.3 is 24.0 Å². The molecule has 0 saturated heterocycles. The van der Waals surface area contributed by atoms with E-state index in [9.17, 15) is 4.57 Å². The largest absolute Gasteiger partial charge is 0.469 e. The molecule has 0 atom stereocenters. The molecular formula is C20H43O7P. The van der Waals surface area contributed by atoms with Crippen LogP contribution in [0.4, 0.5) is 0 Å². The first kappa shape index (κ1) is 28.0. The zero-order valence-corrected chi connectivity index (χ0v) is 18.7. The first-order chi connectivity index (χ1) is 13.6. The summed E-state index contributed by atoms with van der Waals surface area (Å²) in [5, 5.41) is 0. The maximum atomic E-state index is 10.4. The summed E-state index contributed by atoms with van der Waals surface area (Å²) in [7, 11) is -4.39. The van der Waals surface area contributed by atoms with Gasteiger partial charge in [0, 0.05) is 6.61 Å². The smallest absolute Gasteiger partial charge is 0.379 e. The van der Waals surface area contributed by atoms with Crippen LogP contribution >= 0.6 is 7.82 Å². The molecular weight excluding hydrogens is 383 g/mol. The van der Waals surface area contributed by atoms with E-state index in [4.69, 9.17) is 24.0 Å². The van der Waals surface area contributed by atoms with Crippen LogP contribution in [0.25, 0.3) is 0 Å². The van der Waals surface area contributed by atoms with Crippen molar-refractivity contribution in [3.63, 3.8) is 0 Å². The molecule has 0 amide bonds. The Labute approximate surface area is 171 Å². The van der Waals surface area contributed by atoms with Gasteiger partial charge in [0.1, 0.15) is 0 Å². The first-order valence-corrected chi connectivity index (χ1v) is 12.5. The van der Waals surface area contributed by atoms with E-state index in [1.165, 1.54) is 70.6 Å². The third-order valence-electron chi connectivity index (χ3n) is 4.37.